The van der Waals surface area contributed by atoms with E-state index in [1.807, 2.05) is 30.5 Å². The summed E-state index contributed by atoms with van der Waals surface area (Å²) < 4.78 is 0. The van der Waals surface area contributed by atoms with Crippen molar-refractivity contribution in [3.63, 3.8) is 0 Å². The molecule has 0 unspecified atom stereocenters. The van der Waals surface area contributed by atoms with Gasteiger partial charge in [0.2, 0.25) is 0 Å². The summed E-state index contributed by atoms with van der Waals surface area (Å²) in [6.07, 6.45) is 1.96. The quantitative estimate of drug-likeness (QED) is 0.253. The zero-order valence-electron chi connectivity index (χ0n) is 20.3. The molecule has 172 valence electrons. The van der Waals surface area contributed by atoms with E-state index >= 15 is 0 Å². The van der Waals surface area contributed by atoms with E-state index in [2.05, 4.69) is 106 Å². The Morgan fingerprint density at radius 3 is 1.89 bits per heavy atom. The molecule has 0 saturated carbocycles. The normalized spacial score (nSPS) is 11.4. The molecule has 5 aromatic rings. The molecule has 2 heteroatoms. The second-order valence-corrected chi connectivity index (χ2v) is 10.3. The Morgan fingerprint density at radius 1 is 0.543 bits per heavy atom. The summed E-state index contributed by atoms with van der Waals surface area (Å²) in [4.78, 5) is 4.88. The van der Waals surface area contributed by atoms with E-state index in [4.69, 9.17) is 16.6 Å². The van der Waals surface area contributed by atoms with E-state index in [-0.39, 0.29) is 5.41 Å². The minimum atomic E-state index is 0.0730. The monoisotopic (exact) mass is 473 g/mol. The molecule has 0 radical (unpaired) electrons. The molecule has 0 aliphatic carbocycles. The average molecular weight is 474 g/mol. The van der Waals surface area contributed by atoms with Gasteiger partial charge in [-0.2, -0.15) is 0 Å². The molecule has 0 amide bonds. The molecule has 1 nitrogen and oxygen atoms in total. The standard InChI is InChI=1S/C33H28ClN/c1-33(2,3)27-13-9-12-26(20-27)32-21-29(30(22-35-32)28-14-7-8-15-31(28)34)25-18-16-24(17-19-25)23-10-5-4-6-11-23/h4-22H,1-3H3. The van der Waals surface area contributed by atoms with Gasteiger partial charge in [-0.15, -0.1) is 0 Å². The first kappa shape index (κ1) is 23.1. The predicted octanol–water partition coefficient (Wildman–Crippen LogP) is 9.70. The summed E-state index contributed by atoms with van der Waals surface area (Å²) >= 11 is 6.62. The second-order valence-electron chi connectivity index (χ2n) is 9.87. The molecule has 35 heavy (non-hydrogen) atoms. The van der Waals surface area contributed by atoms with Crippen LogP contribution >= 0.6 is 11.6 Å². The van der Waals surface area contributed by atoms with Gasteiger partial charge in [0.05, 0.1) is 5.69 Å². The molecule has 0 atom stereocenters. The summed E-state index contributed by atoms with van der Waals surface area (Å²) in [5.41, 5.74) is 10.1. The van der Waals surface area contributed by atoms with Crippen LogP contribution in [0.5, 0.6) is 0 Å². The number of aromatic nitrogens is 1. The van der Waals surface area contributed by atoms with Crippen LogP contribution in [0.2, 0.25) is 5.02 Å². The number of benzene rings is 4. The van der Waals surface area contributed by atoms with Gasteiger partial charge in [-0.1, -0.05) is 123 Å². The van der Waals surface area contributed by atoms with E-state index in [1.54, 1.807) is 0 Å². The lowest BCUT2D eigenvalue weighted by Gasteiger charge is -2.20. The second kappa shape index (κ2) is 9.52. The van der Waals surface area contributed by atoms with Gasteiger partial charge in [-0.05, 0) is 51.4 Å². The Kier molecular flexibility index (Phi) is 6.28. The van der Waals surface area contributed by atoms with Crippen LogP contribution in [0, 0.1) is 0 Å². The van der Waals surface area contributed by atoms with Crippen molar-refractivity contribution in [3.8, 4) is 44.6 Å². The molecule has 0 fully saturated rings. The van der Waals surface area contributed by atoms with E-state index in [0.717, 1.165) is 38.5 Å². The van der Waals surface area contributed by atoms with Crippen molar-refractivity contribution >= 4 is 11.6 Å². The fourth-order valence-electron chi connectivity index (χ4n) is 4.36. The first-order valence-electron chi connectivity index (χ1n) is 11.9. The van der Waals surface area contributed by atoms with Crippen LogP contribution in [0.4, 0.5) is 0 Å². The first-order chi connectivity index (χ1) is 16.9. The number of halogens is 1. The van der Waals surface area contributed by atoms with Crippen molar-refractivity contribution in [1.82, 2.24) is 4.98 Å². The maximum Gasteiger partial charge on any atom is 0.0708 e. The highest BCUT2D eigenvalue weighted by atomic mass is 35.5. The van der Waals surface area contributed by atoms with Gasteiger partial charge in [0.15, 0.2) is 0 Å². The zero-order valence-corrected chi connectivity index (χ0v) is 21.1. The summed E-state index contributed by atoms with van der Waals surface area (Å²) in [6, 6.07) is 38.0. The Balaban J connectivity index is 1.65. The molecule has 0 aliphatic rings. The predicted molar refractivity (Wildman–Crippen MR) is 150 cm³/mol. The highest BCUT2D eigenvalue weighted by Gasteiger charge is 2.16. The maximum atomic E-state index is 6.62. The lowest BCUT2D eigenvalue weighted by Crippen LogP contribution is -2.10. The molecule has 0 spiro atoms. The zero-order chi connectivity index (χ0) is 24.4. The maximum absolute atomic E-state index is 6.62. The number of rotatable bonds is 4. The summed E-state index contributed by atoms with van der Waals surface area (Å²) in [5, 5.41) is 0.721. The van der Waals surface area contributed by atoms with Gasteiger partial charge >= 0.3 is 0 Å². The van der Waals surface area contributed by atoms with Crippen LogP contribution in [0.3, 0.4) is 0 Å². The number of nitrogens with zero attached hydrogens (tertiary/aromatic N) is 1. The van der Waals surface area contributed by atoms with Crippen LogP contribution < -0.4 is 0 Å². The Bertz CT molecular complexity index is 1460. The van der Waals surface area contributed by atoms with E-state index < -0.39 is 0 Å². The minimum Gasteiger partial charge on any atom is -0.256 e. The van der Waals surface area contributed by atoms with Crippen molar-refractivity contribution in [2.75, 3.05) is 0 Å². The van der Waals surface area contributed by atoms with Crippen molar-refractivity contribution < 1.29 is 0 Å². The van der Waals surface area contributed by atoms with Crippen LogP contribution in [0.25, 0.3) is 44.6 Å². The summed E-state index contributed by atoms with van der Waals surface area (Å²) in [7, 11) is 0. The van der Waals surface area contributed by atoms with Crippen molar-refractivity contribution in [3.05, 3.63) is 126 Å². The topological polar surface area (TPSA) is 12.9 Å². The van der Waals surface area contributed by atoms with E-state index in [0.29, 0.717) is 0 Å². The van der Waals surface area contributed by atoms with E-state index in [9.17, 15) is 0 Å². The summed E-state index contributed by atoms with van der Waals surface area (Å²) in [6.45, 7) is 6.71. The third kappa shape index (κ3) is 4.92. The van der Waals surface area contributed by atoms with Crippen LogP contribution in [0.1, 0.15) is 26.3 Å². The molecular weight excluding hydrogens is 446 g/mol. The van der Waals surface area contributed by atoms with Gasteiger partial charge in [0, 0.05) is 27.9 Å². The minimum absolute atomic E-state index is 0.0730. The lowest BCUT2D eigenvalue weighted by atomic mass is 9.85. The van der Waals surface area contributed by atoms with Crippen molar-refractivity contribution in [2.45, 2.75) is 26.2 Å². The highest BCUT2D eigenvalue weighted by Crippen LogP contribution is 2.38. The number of pyridine rings is 1. The molecule has 4 aromatic carbocycles. The van der Waals surface area contributed by atoms with Crippen molar-refractivity contribution in [1.29, 1.82) is 0 Å². The van der Waals surface area contributed by atoms with Crippen LogP contribution in [-0.4, -0.2) is 4.98 Å². The van der Waals surface area contributed by atoms with Crippen LogP contribution in [0.15, 0.2) is 115 Å². The molecule has 1 aromatic heterocycles. The largest absolute Gasteiger partial charge is 0.256 e. The molecule has 0 aliphatic heterocycles. The highest BCUT2D eigenvalue weighted by molar-refractivity contribution is 6.33. The average Bonchev–Trinajstić information content (AvgIpc) is 2.89. The Hall–Kier alpha value is -3.68. The molecule has 0 N–H and O–H groups in total. The fraction of sp³-hybridized carbons (Fsp3) is 0.121. The number of hydrogen-bond donors (Lipinski definition) is 0. The Morgan fingerprint density at radius 2 is 1.17 bits per heavy atom. The third-order valence-corrected chi connectivity index (χ3v) is 6.72. The van der Waals surface area contributed by atoms with Gasteiger partial charge in [-0.25, -0.2) is 0 Å². The van der Waals surface area contributed by atoms with Crippen molar-refractivity contribution in [2.24, 2.45) is 0 Å². The van der Waals surface area contributed by atoms with Gasteiger partial charge in [0.1, 0.15) is 0 Å². The molecule has 5 rings (SSSR count). The SMILES string of the molecule is CC(C)(C)c1cccc(-c2cc(-c3ccc(-c4ccccc4)cc3)c(-c3ccccc3Cl)cn2)c1. The molecular formula is C33H28ClN. The smallest absolute Gasteiger partial charge is 0.0708 e. The van der Waals surface area contributed by atoms with E-state index in [1.165, 1.54) is 16.7 Å². The third-order valence-electron chi connectivity index (χ3n) is 6.40. The molecule has 1 heterocycles. The molecule has 0 saturated heterocycles. The fourth-order valence-corrected chi connectivity index (χ4v) is 4.60. The van der Waals surface area contributed by atoms with Gasteiger partial charge in [0.25, 0.3) is 0 Å². The summed E-state index contributed by atoms with van der Waals surface area (Å²) in [5.74, 6) is 0. The number of hydrogen-bond acceptors (Lipinski definition) is 1. The lowest BCUT2D eigenvalue weighted by molar-refractivity contribution is 0.590. The van der Waals surface area contributed by atoms with Crippen LogP contribution in [-0.2, 0) is 5.41 Å². The first-order valence-corrected chi connectivity index (χ1v) is 12.3. The van der Waals surface area contributed by atoms with Gasteiger partial charge < -0.3 is 0 Å². The molecule has 0 bridgehead atoms. The Labute approximate surface area is 213 Å². The van der Waals surface area contributed by atoms with Gasteiger partial charge in [-0.3, -0.25) is 4.98 Å².